The van der Waals surface area contributed by atoms with E-state index in [1.54, 1.807) is 6.07 Å². The molecule has 0 aliphatic heterocycles. The van der Waals surface area contributed by atoms with Gasteiger partial charge in [-0.2, -0.15) is 0 Å². The van der Waals surface area contributed by atoms with Gasteiger partial charge in [0.15, 0.2) is 0 Å². The summed E-state index contributed by atoms with van der Waals surface area (Å²) in [4.78, 5) is 28.6. The third kappa shape index (κ3) is 4.78. The lowest BCUT2D eigenvalue weighted by Crippen LogP contribution is -2.26. The van der Waals surface area contributed by atoms with Gasteiger partial charge in [-0.1, -0.05) is 47.7 Å². The summed E-state index contributed by atoms with van der Waals surface area (Å²) in [5.41, 5.74) is 3.51. The van der Waals surface area contributed by atoms with Crippen molar-refractivity contribution in [2.75, 3.05) is 6.54 Å². The van der Waals surface area contributed by atoms with E-state index in [1.165, 1.54) is 23.9 Å². The quantitative estimate of drug-likeness (QED) is 0.298. The first kappa shape index (κ1) is 20.7. The first-order valence-corrected chi connectivity index (χ1v) is 10.7. The second kappa shape index (κ2) is 9.06. The highest BCUT2D eigenvalue weighted by Crippen LogP contribution is 2.32. The van der Waals surface area contributed by atoms with Crippen LogP contribution in [0.15, 0.2) is 82.7 Å². The number of nitrogens with zero attached hydrogens (tertiary/aromatic N) is 1. The summed E-state index contributed by atoms with van der Waals surface area (Å²) in [6.45, 7) is 2.44. The number of carbonyl (C=O) groups excluding carboxylic acids is 1. The van der Waals surface area contributed by atoms with Crippen molar-refractivity contribution >= 4 is 34.3 Å². The molecule has 0 saturated heterocycles. The maximum Gasteiger partial charge on any atom is 0.270 e. The average Bonchev–Trinajstić information content (AvgIpc) is 3.18. The maximum absolute atomic E-state index is 12.9. The Morgan fingerprint density at radius 1 is 1.10 bits per heavy atom. The van der Waals surface area contributed by atoms with Crippen LogP contribution in [0, 0.1) is 17.0 Å². The van der Waals surface area contributed by atoms with Gasteiger partial charge in [-0.15, -0.1) is 0 Å². The highest BCUT2D eigenvalue weighted by Gasteiger charge is 2.17. The van der Waals surface area contributed by atoms with Crippen LogP contribution < -0.4 is 5.32 Å². The molecule has 0 saturated carbocycles. The zero-order chi connectivity index (χ0) is 21.8. The van der Waals surface area contributed by atoms with Crippen molar-refractivity contribution in [1.82, 2.24) is 10.3 Å². The predicted octanol–water partition coefficient (Wildman–Crippen LogP) is 5.51. The molecular formula is C24H21N3O3S. The first-order valence-electron chi connectivity index (χ1n) is 9.87. The number of aromatic nitrogens is 1. The van der Waals surface area contributed by atoms with Crippen LogP contribution >= 0.6 is 11.8 Å². The van der Waals surface area contributed by atoms with Gasteiger partial charge in [-0.05, 0) is 43.2 Å². The summed E-state index contributed by atoms with van der Waals surface area (Å²) < 4.78 is 0. The lowest BCUT2D eigenvalue weighted by molar-refractivity contribution is -0.384. The molecule has 0 aliphatic carbocycles. The van der Waals surface area contributed by atoms with Gasteiger partial charge < -0.3 is 10.3 Å². The number of aryl methyl sites for hydroxylation is 1. The van der Waals surface area contributed by atoms with E-state index in [1.807, 2.05) is 61.7 Å². The van der Waals surface area contributed by atoms with Crippen LogP contribution in [0.5, 0.6) is 0 Å². The maximum atomic E-state index is 12.9. The van der Waals surface area contributed by atoms with Gasteiger partial charge in [0, 0.05) is 45.6 Å². The van der Waals surface area contributed by atoms with Gasteiger partial charge in [-0.3, -0.25) is 14.9 Å². The summed E-state index contributed by atoms with van der Waals surface area (Å²) >= 11 is 1.42. The lowest BCUT2D eigenvalue weighted by atomic mass is 10.1. The summed E-state index contributed by atoms with van der Waals surface area (Å²) in [6, 6.07) is 20.3. The molecule has 0 radical (unpaired) electrons. The van der Waals surface area contributed by atoms with E-state index in [2.05, 4.69) is 10.3 Å². The van der Waals surface area contributed by atoms with Crippen molar-refractivity contribution in [3.8, 4) is 0 Å². The number of nitro groups is 1. The first-order chi connectivity index (χ1) is 15.0. The molecule has 0 fully saturated rings. The molecule has 4 rings (SSSR count). The minimum absolute atomic E-state index is 0.102. The van der Waals surface area contributed by atoms with Crippen LogP contribution in [0.2, 0.25) is 0 Å². The number of rotatable bonds is 7. The number of nitrogens with one attached hydrogen (secondary N) is 2. The van der Waals surface area contributed by atoms with Gasteiger partial charge in [-0.25, -0.2) is 0 Å². The van der Waals surface area contributed by atoms with Crippen LogP contribution in [0.4, 0.5) is 5.69 Å². The molecule has 156 valence electrons. The number of hydrogen-bond acceptors (Lipinski definition) is 4. The molecule has 0 aliphatic rings. The molecule has 0 unspecified atom stereocenters. The van der Waals surface area contributed by atoms with E-state index in [9.17, 15) is 14.9 Å². The molecule has 1 amide bonds. The normalized spacial score (nSPS) is 10.9. The number of nitro benzene ring substituents is 1. The topological polar surface area (TPSA) is 88.0 Å². The van der Waals surface area contributed by atoms with Crippen LogP contribution in [-0.4, -0.2) is 22.4 Å². The van der Waals surface area contributed by atoms with E-state index in [0.29, 0.717) is 23.4 Å². The van der Waals surface area contributed by atoms with Gasteiger partial charge in [0.1, 0.15) is 0 Å². The Hall–Kier alpha value is -3.58. The van der Waals surface area contributed by atoms with Crippen LogP contribution in [0.25, 0.3) is 10.9 Å². The van der Waals surface area contributed by atoms with Crippen molar-refractivity contribution in [1.29, 1.82) is 0 Å². The van der Waals surface area contributed by atoms with Gasteiger partial charge >= 0.3 is 0 Å². The molecule has 3 aromatic carbocycles. The number of non-ortho nitro benzene ring substituents is 1. The monoisotopic (exact) mass is 431 g/mol. The molecule has 4 aromatic rings. The molecule has 1 aromatic heterocycles. The van der Waals surface area contributed by atoms with Crippen molar-refractivity contribution in [3.05, 3.63) is 99.7 Å². The molecule has 0 bridgehead atoms. The molecule has 1 heterocycles. The van der Waals surface area contributed by atoms with Gasteiger partial charge in [0.05, 0.1) is 10.5 Å². The van der Waals surface area contributed by atoms with E-state index in [4.69, 9.17) is 0 Å². The molecular weight excluding hydrogens is 410 g/mol. The zero-order valence-corrected chi connectivity index (χ0v) is 17.7. The Morgan fingerprint density at radius 2 is 1.87 bits per heavy atom. The Kier molecular flexibility index (Phi) is 6.04. The number of aromatic amines is 1. The minimum Gasteiger partial charge on any atom is -0.361 e. The van der Waals surface area contributed by atoms with E-state index in [-0.39, 0.29) is 11.6 Å². The summed E-state index contributed by atoms with van der Waals surface area (Å²) in [6.07, 6.45) is 2.61. The SMILES string of the molecule is Cc1ccc(Sc2ccc([N+](=O)[O-])cc2C(=O)NCCc2c[nH]c3ccccc23)cc1. The Balaban J connectivity index is 1.51. The molecule has 0 spiro atoms. The fraction of sp³-hybridized carbons (Fsp3) is 0.125. The summed E-state index contributed by atoms with van der Waals surface area (Å²) in [7, 11) is 0. The third-order valence-electron chi connectivity index (χ3n) is 5.02. The fourth-order valence-electron chi connectivity index (χ4n) is 3.38. The average molecular weight is 432 g/mol. The Morgan fingerprint density at radius 3 is 2.65 bits per heavy atom. The molecule has 0 atom stereocenters. The fourth-order valence-corrected chi connectivity index (χ4v) is 4.30. The van der Waals surface area contributed by atoms with E-state index < -0.39 is 4.92 Å². The number of carbonyl (C=O) groups is 1. The molecule has 7 heteroatoms. The van der Waals surface area contributed by atoms with Crippen LogP contribution in [0.3, 0.4) is 0 Å². The molecule has 31 heavy (non-hydrogen) atoms. The predicted molar refractivity (Wildman–Crippen MR) is 123 cm³/mol. The molecule has 2 N–H and O–H groups in total. The Bertz CT molecular complexity index is 1250. The molecule has 6 nitrogen and oxygen atoms in total. The second-order valence-electron chi connectivity index (χ2n) is 7.22. The highest BCUT2D eigenvalue weighted by molar-refractivity contribution is 7.99. The van der Waals surface area contributed by atoms with E-state index in [0.717, 1.165) is 26.9 Å². The zero-order valence-electron chi connectivity index (χ0n) is 16.9. The Labute approximate surface area is 183 Å². The number of benzene rings is 3. The van der Waals surface area contributed by atoms with Crippen molar-refractivity contribution in [2.45, 2.75) is 23.1 Å². The van der Waals surface area contributed by atoms with Gasteiger partial charge in [0.2, 0.25) is 0 Å². The van der Waals surface area contributed by atoms with Crippen molar-refractivity contribution in [2.24, 2.45) is 0 Å². The summed E-state index contributed by atoms with van der Waals surface area (Å²) in [5.74, 6) is -0.321. The largest absolute Gasteiger partial charge is 0.361 e. The van der Waals surface area contributed by atoms with Crippen molar-refractivity contribution in [3.63, 3.8) is 0 Å². The van der Waals surface area contributed by atoms with Crippen LogP contribution in [0.1, 0.15) is 21.5 Å². The number of amides is 1. The van der Waals surface area contributed by atoms with Crippen LogP contribution in [-0.2, 0) is 6.42 Å². The van der Waals surface area contributed by atoms with Gasteiger partial charge in [0.25, 0.3) is 11.6 Å². The minimum atomic E-state index is -0.483. The summed E-state index contributed by atoms with van der Waals surface area (Å²) in [5, 5.41) is 15.3. The third-order valence-corrected chi connectivity index (χ3v) is 6.11. The number of fused-ring (bicyclic) bond motifs is 1. The number of H-pyrrole nitrogens is 1. The second-order valence-corrected chi connectivity index (χ2v) is 8.33. The standard InChI is InChI=1S/C24H21N3O3S/c1-16-6-9-19(10-7-16)31-23-11-8-18(27(29)30)14-21(23)24(28)25-13-12-17-15-26-22-5-3-2-4-20(17)22/h2-11,14-15,26H,12-13H2,1H3,(H,25,28). The lowest BCUT2D eigenvalue weighted by Gasteiger charge is -2.10. The smallest absolute Gasteiger partial charge is 0.270 e. The van der Waals surface area contributed by atoms with E-state index >= 15 is 0 Å². The number of para-hydroxylation sites is 1. The number of hydrogen-bond donors (Lipinski definition) is 2. The van der Waals surface area contributed by atoms with Crippen molar-refractivity contribution < 1.29 is 9.72 Å². The highest BCUT2D eigenvalue weighted by atomic mass is 32.2.